The lowest BCUT2D eigenvalue weighted by Gasteiger charge is -2.21. The standard InChI is InChI=1S/C17H18/c1-13-10-11-15-8-5-9-16(17(13)15)12-14-6-3-2-4-7-14/h2-4,6-7,11H,1,5,8-10,12H2. The van der Waals surface area contributed by atoms with Crippen molar-refractivity contribution in [2.24, 2.45) is 0 Å². The summed E-state index contributed by atoms with van der Waals surface area (Å²) in [7, 11) is 0. The van der Waals surface area contributed by atoms with Crippen molar-refractivity contribution < 1.29 is 0 Å². The summed E-state index contributed by atoms with van der Waals surface area (Å²) in [5, 5.41) is 0. The molecule has 0 radical (unpaired) electrons. The van der Waals surface area contributed by atoms with E-state index in [1.807, 2.05) is 0 Å². The van der Waals surface area contributed by atoms with E-state index < -0.39 is 0 Å². The Bertz CT molecular complexity index is 500. The lowest BCUT2D eigenvalue weighted by Crippen LogP contribution is -2.04. The molecule has 0 saturated carbocycles. The molecule has 17 heavy (non-hydrogen) atoms. The van der Waals surface area contributed by atoms with Crippen molar-refractivity contribution in [3.05, 3.63) is 70.8 Å². The highest BCUT2D eigenvalue weighted by Gasteiger charge is 2.22. The molecular formula is C17H18. The van der Waals surface area contributed by atoms with Crippen molar-refractivity contribution in [2.75, 3.05) is 0 Å². The fourth-order valence-electron chi connectivity index (χ4n) is 3.02. The van der Waals surface area contributed by atoms with Crippen LogP contribution >= 0.6 is 0 Å². The van der Waals surface area contributed by atoms with E-state index in [2.05, 4.69) is 43.0 Å². The summed E-state index contributed by atoms with van der Waals surface area (Å²) in [5.74, 6) is 0. The van der Waals surface area contributed by atoms with Crippen LogP contribution in [0, 0.1) is 0 Å². The number of benzene rings is 1. The van der Waals surface area contributed by atoms with Crippen LogP contribution in [0.1, 0.15) is 31.2 Å². The molecule has 0 N–H and O–H groups in total. The normalized spacial score (nSPS) is 19.3. The molecule has 0 unspecified atom stereocenters. The molecule has 0 bridgehead atoms. The van der Waals surface area contributed by atoms with Crippen LogP contribution in [0.5, 0.6) is 0 Å². The van der Waals surface area contributed by atoms with Gasteiger partial charge >= 0.3 is 0 Å². The van der Waals surface area contributed by atoms with Gasteiger partial charge in [0.05, 0.1) is 0 Å². The van der Waals surface area contributed by atoms with E-state index in [0.717, 1.165) is 12.8 Å². The maximum atomic E-state index is 4.22. The van der Waals surface area contributed by atoms with Crippen LogP contribution < -0.4 is 0 Å². The first-order chi connectivity index (χ1) is 8.34. The van der Waals surface area contributed by atoms with Crippen molar-refractivity contribution >= 4 is 0 Å². The van der Waals surface area contributed by atoms with E-state index in [-0.39, 0.29) is 0 Å². The van der Waals surface area contributed by atoms with Gasteiger partial charge in [-0.1, -0.05) is 48.6 Å². The first-order valence-electron chi connectivity index (χ1n) is 6.48. The molecule has 0 heteroatoms. The Morgan fingerprint density at radius 1 is 1.06 bits per heavy atom. The van der Waals surface area contributed by atoms with Crippen molar-refractivity contribution in [3.63, 3.8) is 0 Å². The zero-order valence-corrected chi connectivity index (χ0v) is 10.2. The lowest BCUT2D eigenvalue weighted by molar-refractivity contribution is 0.753. The predicted octanol–water partition coefficient (Wildman–Crippen LogP) is 4.60. The quantitative estimate of drug-likeness (QED) is 0.686. The molecule has 0 heterocycles. The van der Waals surface area contributed by atoms with Crippen LogP contribution in [-0.2, 0) is 6.42 Å². The van der Waals surface area contributed by atoms with Gasteiger partial charge in [0.15, 0.2) is 0 Å². The van der Waals surface area contributed by atoms with Gasteiger partial charge in [-0.3, -0.25) is 0 Å². The van der Waals surface area contributed by atoms with E-state index in [1.165, 1.54) is 36.0 Å². The molecule has 2 aliphatic carbocycles. The molecule has 1 aromatic rings. The first kappa shape index (κ1) is 10.6. The van der Waals surface area contributed by atoms with E-state index >= 15 is 0 Å². The van der Waals surface area contributed by atoms with Crippen molar-refractivity contribution in [2.45, 2.75) is 32.1 Å². The summed E-state index contributed by atoms with van der Waals surface area (Å²) in [6.07, 6.45) is 8.37. The maximum absolute atomic E-state index is 4.22. The third-order valence-electron chi connectivity index (χ3n) is 3.81. The molecule has 0 amide bonds. The Hall–Kier alpha value is -1.56. The third-order valence-corrected chi connectivity index (χ3v) is 3.81. The Morgan fingerprint density at radius 3 is 2.71 bits per heavy atom. The third kappa shape index (κ3) is 2.00. The summed E-state index contributed by atoms with van der Waals surface area (Å²) in [4.78, 5) is 0. The predicted molar refractivity (Wildman–Crippen MR) is 72.9 cm³/mol. The number of allylic oxidation sites excluding steroid dienone is 5. The molecule has 0 nitrogen and oxygen atoms in total. The maximum Gasteiger partial charge on any atom is -0.00579 e. The van der Waals surface area contributed by atoms with Gasteiger partial charge in [0.25, 0.3) is 0 Å². The number of rotatable bonds is 2. The molecule has 1 aromatic carbocycles. The van der Waals surface area contributed by atoms with Crippen LogP contribution in [-0.4, -0.2) is 0 Å². The van der Waals surface area contributed by atoms with E-state index in [1.54, 1.807) is 11.1 Å². The second kappa shape index (κ2) is 4.37. The lowest BCUT2D eigenvalue weighted by atomic mass is 9.84. The Kier molecular flexibility index (Phi) is 2.72. The average Bonchev–Trinajstić information content (AvgIpc) is 2.74. The molecule has 3 rings (SSSR count). The van der Waals surface area contributed by atoms with Gasteiger partial charge < -0.3 is 0 Å². The minimum atomic E-state index is 1.07. The molecule has 0 atom stereocenters. The van der Waals surface area contributed by atoms with Gasteiger partial charge in [0.1, 0.15) is 0 Å². The molecule has 0 spiro atoms. The smallest absolute Gasteiger partial charge is 0.00579 e. The highest BCUT2D eigenvalue weighted by Crippen LogP contribution is 2.40. The van der Waals surface area contributed by atoms with Gasteiger partial charge in [0, 0.05) is 0 Å². The molecular weight excluding hydrogens is 204 g/mol. The highest BCUT2D eigenvalue weighted by molar-refractivity contribution is 5.56. The first-order valence-corrected chi connectivity index (χ1v) is 6.48. The van der Waals surface area contributed by atoms with Crippen molar-refractivity contribution in [1.29, 1.82) is 0 Å². The fourth-order valence-corrected chi connectivity index (χ4v) is 3.02. The van der Waals surface area contributed by atoms with E-state index in [0.29, 0.717) is 0 Å². The topological polar surface area (TPSA) is 0 Å². The number of fused-ring (bicyclic) bond motifs is 1. The molecule has 0 fully saturated rings. The van der Waals surface area contributed by atoms with Crippen LogP contribution in [0.15, 0.2) is 65.3 Å². The Balaban J connectivity index is 1.94. The second-order valence-electron chi connectivity index (χ2n) is 5.03. The Morgan fingerprint density at radius 2 is 1.88 bits per heavy atom. The van der Waals surface area contributed by atoms with Crippen LogP contribution in [0.4, 0.5) is 0 Å². The zero-order valence-electron chi connectivity index (χ0n) is 10.2. The number of hydrogen-bond donors (Lipinski definition) is 0. The van der Waals surface area contributed by atoms with Crippen molar-refractivity contribution in [3.8, 4) is 0 Å². The summed E-state index contributed by atoms with van der Waals surface area (Å²) in [6.45, 7) is 4.22. The summed E-state index contributed by atoms with van der Waals surface area (Å²) in [6, 6.07) is 10.8. The van der Waals surface area contributed by atoms with Crippen molar-refractivity contribution in [1.82, 2.24) is 0 Å². The van der Waals surface area contributed by atoms with Gasteiger partial charge in [0.2, 0.25) is 0 Å². The molecule has 0 aromatic heterocycles. The highest BCUT2D eigenvalue weighted by atomic mass is 14.3. The van der Waals surface area contributed by atoms with E-state index in [9.17, 15) is 0 Å². The van der Waals surface area contributed by atoms with Crippen LogP contribution in [0.3, 0.4) is 0 Å². The monoisotopic (exact) mass is 222 g/mol. The average molecular weight is 222 g/mol. The summed E-state index contributed by atoms with van der Waals surface area (Å²) in [5.41, 5.74) is 7.45. The molecule has 86 valence electrons. The summed E-state index contributed by atoms with van der Waals surface area (Å²) >= 11 is 0. The molecule has 0 saturated heterocycles. The van der Waals surface area contributed by atoms with Crippen LogP contribution in [0.25, 0.3) is 0 Å². The molecule has 2 aliphatic rings. The summed E-state index contributed by atoms with van der Waals surface area (Å²) < 4.78 is 0. The minimum Gasteiger partial charge on any atom is -0.0949 e. The Labute approximate surface area is 103 Å². The minimum absolute atomic E-state index is 1.07. The SMILES string of the molecule is C=C1CC=C2CCCC(Cc3ccccc3)=C12. The van der Waals surface area contributed by atoms with Gasteiger partial charge in [-0.2, -0.15) is 0 Å². The zero-order chi connectivity index (χ0) is 11.7. The van der Waals surface area contributed by atoms with Crippen LogP contribution in [0.2, 0.25) is 0 Å². The van der Waals surface area contributed by atoms with Gasteiger partial charge in [-0.05, 0) is 54.4 Å². The van der Waals surface area contributed by atoms with Gasteiger partial charge in [-0.25, -0.2) is 0 Å². The largest absolute Gasteiger partial charge is 0.0949 e. The second-order valence-corrected chi connectivity index (χ2v) is 5.03. The van der Waals surface area contributed by atoms with E-state index in [4.69, 9.17) is 0 Å². The van der Waals surface area contributed by atoms with Gasteiger partial charge in [-0.15, -0.1) is 0 Å². The molecule has 0 aliphatic heterocycles. The fraction of sp³-hybridized carbons (Fsp3) is 0.294. The number of hydrogen-bond acceptors (Lipinski definition) is 0.